The quantitative estimate of drug-likeness (QED) is 0.706. The molecule has 3 aromatic rings. The predicted molar refractivity (Wildman–Crippen MR) is 76.8 cm³/mol. The van der Waals surface area contributed by atoms with Crippen LogP contribution in [0.2, 0.25) is 10.0 Å². The Labute approximate surface area is 120 Å². The van der Waals surface area contributed by atoms with Crippen LogP contribution in [0.25, 0.3) is 17.1 Å². The fraction of sp³-hybridized carbons (Fsp3) is 0. The van der Waals surface area contributed by atoms with Gasteiger partial charge in [-0.15, -0.1) is 0 Å². The van der Waals surface area contributed by atoms with Crippen LogP contribution in [-0.2, 0) is 0 Å². The van der Waals surface area contributed by atoms with Crippen LogP contribution in [0, 0.1) is 0 Å². The van der Waals surface area contributed by atoms with E-state index in [1.54, 1.807) is 4.68 Å². The van der Waals surface area contributed by atoms with Gasteiger partial charge in [0.15, 0.2) is 5.82 Å². The van der Waals surface area contributed by atoms with Crippen LogP contribution < -0.4 is 0 Å². The first-order valence-corrected chi connectivity index (χ1v) is 6.41. The molecule has 5 heteroatoms. The number of halogens is 2. The van der Waals surface area contributed by atoms with Crippen molar-refractivity contribution < 1.29 is 0 Å². The van der Waals surface area contributed by atoms with E-state index in [4.69, 9.17) is 23.2 Å². The SMILES string of the molecule is Clc1ccc(-n2ncnc2-c2cccc(Cl)c2)cc1. The summed E-state index contributed by atoms with van der Waals surface area (Å²) in [6.45, 7) is 0. The average Bonchev–Trinajstić information content (AvgIpc) is 2.89. The molecule has 1 heterocycles. The van der Waals surface area contributed by atoms with Crippen molar-refractivity contribution in [3.63, 3.8) is 0 Å². The molecule has 0 atom stereocenters. The summed E-state index contributed by atoms with van der Waals surface area (Å²) >= 11 is 11.9. The highest BCUT2D eigenvalue weighted by Crippen LogP contribution is 2.23. The molecule has 3 nitrogen and oxygen atoms in total. The van der Waals surface area contributed by atoms with Crippen molar-refractivity contribution >= 4 is 23.2 Å². The van der Waals surface area contributed by atoms with Crippen LogP contribution in [0.15, 0.2) is 54.9 Å². The first-order chi connectivity index (χ1) is 9.24. The Hall–Kier alpha value is -1.84. The molecule has 0 saturated heterocycles. The Bertz CT molecular complexity index is 705. The summed E-state index contributed by atoms with van der Waals surface area (Å²) in [6, 6.07) is 14.9. The standard InChI is InChI=1S/C14H9Cl2N3/c15-11-4-6-13(7-5-11)19-14(17-9-18-19)10-2-1-3-12(16)8-10/h1-9H. The van der Waals surface area contributed by atoms with Crippen molar-refractivity contribution in [2.75, 3.05) is 0 Å². The zero-order chi connectivity index (χ0) is 13.2. The molecule has 0 aliphatic rings. The lowest BCUT2D eigenvalue weighted by atomic mass is 10.2. The van der Waals surface area contributed by atoms with Crippen LogP contribution in [0.5, 0.6) is 0 Å². The van der Waals surface area contributed by atoms with Gasteiger partial charge >= 0.3 is 0 Å². The van der Waals surface area contributed by atoms with Gasteiger partial charge < -0.3 is 0 Å². The van der Waals surface area contributed by atoms with Gasteiger partial charge in [-0.2, -0.15) is 5.10 Å². The number of hydrogen-bond acceptors (Lipinski definition) is 2. The van der Waals surface area contributed by atoms with E-state index < -0.39 is 0 Å². The maximum atomic E-state index is 6.01. The third kappa shape index (κ3) is 2.48. The Kier molecular flexibility index (Phi) is 3.23. The fourth-order valence-electron chi connectivity index (χ4n) is 1.84. The maximum absolute atomic E-state index is 6.01. The summed E-state index contributed by atoms with van der Waals surface area (Å²) in [7, 11) is 0. The third-order valence-corrected chi connectivity index (χ3v) is 3.19. The highest BCUT2D eigenvalue weighted by atomic mass is 35.5. The zero-order valence-electron chi connectivity index (χ0n) is 9.79. The van der Waals surface area contributed by atoms with Crippen molar-refractivity contribution in [2.24, 2.45) is 0 Å². The molecule has 2 aromatic carbocycles. The second kappa shape index (κ2) is 5.03. The van der Waals surface area contributed by atoms with Crippen LogP contribution in [0.1, 0.15) is 0 Å². The summed E-state index contributed by atoms with van der Waals surface area (Å²) in [6.07, 6.45) is 1.52. The summed E-state index contributed by atoms with van der Waals surface area (Å²) in [5.41, 5.74) is 1.82. The molecule has 94 valence electrons. The summed E-state index contributed by atoms with van der Waals surface area (Å²) in [4.78, 5) is 4.29. The summed E-state index contributed by atoms with van der Waals surface area (Å²) < 4.78 is 1.75. The molecular weight excluding hydrogens is 281 g/mol. The topological polar surface area (TPSA) is 30.7 Å². The van der Waals surface area contributed by atoms with E-state index in [-0.39, 0.29) is 0 Å². The predicted octanol–water partition coefficient (Wildman–Crippen LogP) is 4.24. The monoisotopic (exact) mass is 289 g/mol. The minimum Gasteiger partial charge on any atom is -0.215 e. The molecule has 0 N–H and O–H groups in total. The largest absolute Gasteiger partial charge is 0.215 e. The minimum atomic E-state index is 0.670. The van der Waals surface area contributed by atoms with Gasteiger partial charge in [-0.3, -0.25) is 0 Å². The first kappa shape index (κ1) is 12.2. The van der Waals surface area contributed by atoms with E-state index in [0.29, 0.717) is 10.0 Å². The Morgan fingerprint density at radius 3 is 2.42 bits per heavy atom. The van der Waals surface area contributed by atoms with Crippen molar-refractivity contribution in [3.05, 3.63) is 64.9 Å². The van der Waals surface area contributed by atoms with Gasteiger partial charge in [0.2, 0.25) is 0 Å². The smallest absolute Gasteiger partial charge is 0.163 e. The number of hydrogen-bond donors (Lipinski definition) is 0. The molecule has 0 saturated carbocycles. The van der Waals surface area contributed by atoms with Gasteiger partial charge in [0.1, 0.15) is 6.33 Å². The molecule has 0 spiro atoms. The number of nitrogens with zero attached hydrogens (tertiary/aromatic N) is 3. The second-order valence-electron chi connectivity index (χ2n) is 3.98. The molecule has 0 fully saturated rings. The van der Waals surface area contributed by atoms with E-state index in [0.717, 1.165) is 17.1 Å². The van der Waals surface area contributed by atoms with Crippen LogP contribution in [-0.4, -0.2) is 14.8 Å². The van der Waals surface area contributed by atoms with Crippen LogP contribution >= 0.6 is 23.2 Å². The van der Waals surface area contributed by atoms with Gasteiger partial charge in [0.05, 0.1) is 5.69 Å². The van der Waals surface area contributed by atoms with E-state index in [2.05, 4.69) is 10.1 Å². The molecule has 0 radical (unpaired) electrons. The molecule has 0 amide bonds. The van der Waals surface area contributed by atoms with E-state index in [1.807, 2.05) is 48.5 Å². The second-order valence-corrected chi connectivity index (χ2v) is 4.86. The normalized spacial score (nSPS) is 10.6. The van der Waals surface area contributed by atoms with Crippen molar-refractivity contribution in [2.45, 2.75) is 0 Å². The molecule has 0 aliphatic carbocycles. The molecular formula is C14H9Cl2N3. The average molecular weight is 290 g/mol. The van der Waals surface area contributed by atoms with E-state index in [1.165, 1.54) is 6.33 Å². The van der Waals surface area contributed by atoms with E-state index >= 15 is 0 Å². The summed E-state index contributed by atoms with van der Waals surface area (Å²) in [5.74, 6) is 0.741. The summed E-state index contributed by atoms with van der Waals surface area (Å²) in [5, 5.41) is 5.60. The number of benzene rings is 2. The maximum Gasteiger partial charge on any atom is 0.163 e. The number of rotatable bonds is 2. The Morgan fingerprint density at radius 2 is 1.68 bits per heavy atom. The molecule has 0 bridgehead atoms. The zero-order valence-corrected chi connectivity index (χ0v) is 11.3. The molecule has 3 rings (SSSR count). The lowest BCUT2D eigenvalue weighted by Crippen LogP contribution is -1.99. The van der Waals surface area contributed by atoms with Crippen molar-refractivity contribution in [3.8, 4) is 17.1 Å². The Morgan fingerprint density at radius 1 is 0.895 bits per heavy atom. The van der Waals surface area contributed by atoms with E-state index in [9.17, 15) is 0 Å². The van der Waals surface area contributed by atoms with Gasteiger partial charge in [-0.05, 0) is 36.4 Å². The van der Waals surface area contributed by atoms with Crippen molar-refractivity contribution in [1.82, 2.24) is 14.8 Å². The lowest BCUT2D eigenvalue weighted by Gasteiger charge is -2.06. The first-order valence-electron chi connectivity index (χ1n) is 5.66. The molecule has 0 unspecified atom stereocenters. The molecule has 19 heavy (non-hydrogen) atoms. The van der Waals surface area contributed by atoms with Gasteiger partial charge in [-0.25, -0.2) is 9.67 Å². The third-order valence-electron chi connectivity index (χ3n) is 2.70. The minimum absolute atomic E-state index is 0.670. The molecule has 0 aliphatic heterocycles. The van der Waals surface area contributed by atoms with Gasteiger partial charge in [0.25, 0.3) is 0 Å². The van der Waals surface area contributed by atoms with Crippen LogP contribution in [0.3, 0.4) is 0 Å². The van der Waals surface area contributed by atoms with Gasteiger partial charge in [0, 0.05) is 15.6 Å². The highest BCUT2D eigenvalue weighted by Gasteiger charge is 2.09. The fourth-order valence-corrected chi connectivity index (χ4v) is 2.15. The number of aromatic nitrogens is 3. The highest BCUT2D eigenvalue weighted by molar-refractivity contribution is 6.31. The van der Waals surface area contributed by atoms with Gasteiger partial charge in [-0.1, -0.05) is 35.3 Å². The van der Waals surface area contributed by atoms with Crippen molar-refractivity contribution in [1.29, 1.82) is 0 Å². The lowest BCUT2D eigenvalue weighted by molar-refractivity contribution is 0.887. The Balaban J connectivity index is 2.10. The molecule has 1 aromatic heterocycles. The van der Waals surface area contributed by atoms with Crippen LogP contribution in [0.4, 0.5) is 0 Å².